The van der Waals surface area contributed by atoms with Crippen LogP contribution in [-0.2, 0) is 13.6 Å². The number of guanidine groups is 1. The highest BCUT2D eigenvalue weighted by Gasteiger charge is 2.25. The summed E-state index contributed by atoms with van der Waals surface area (Å²) in [6, 6.07) is 16.7. The van der Waals surface area contributed by atoms with Gasteiger partial charge in [-0.25, -0.2) is 9.98 Å². The third-order valence-electron chi connectivity index (χ3n) is 5.56. The summed E-state index contributed by atoms with van der Waals surface area (Å²) < 4.78 is 7.64. The van der Waals surface area contributed by atoms with E-state index in [0.717, 1.165) is 60.3 Å². The molecule has 1 aromatic heterocycles. The molecule has 7 heteroatoms. The highest BCUT2D eigenvalue weighted by molar-refractivity contribution is 5.80. The molecule has 1 atom stereocenters. The number of fused-ring (bicyclic) bond motifs is 1. The lowest BCUT2D eigenvalue weighted by Crippen LogP contribution is -2.44. The van der Waals surface area contributed by atoms with Crippen LogP contribution in [0.4, 0.5) is 5.69 Å². The molecule has 1 saturated heterocycles. The molecule has 4 rings (SSSR count). The van der Waals surface area contributed by atoms with Gasteiger partial charge in [-0.2, -0.15) is 0 Å². The molecule has 0 aliphatic carbocycles. The second-order valence-corrected chi connectivity index (χ2v) is 7.52. The first-order chi connectivity index (χ1) is 14.7. The van der Waals surface area contributed by atoms with Gasteiger partial charge >= 0.3 is 0 Å². The topological polar surface area (TPSA) is 66.7 Å². The van der Waals surface area contributed by atoms with E-state index in [9.17, 15) is 0 Å². The van der Waals surface area contributed by atoms with Crippen molar-refractivity contribution in [2.75, 3.05) is 31.6 Å². The van der Waals surface area contributed by atoms with Gasteiger partial charge in [-0.05, 0) is 37.6 Å². The monoisotopic (exact) mass is 406 g/mol. The number of para-hydroxylation sites is 4. The van der Waals surface area contributed by atoms with Crippen LogP contribution < -0.4 is 20.3 Å². The number of aliphatic imine (C=N–C) groups is 1. The highest BCUT2D eigenvalue weighted by atomic mass is 16.5. The molecule has 2 N–H and O–H groups in total. The SMILES string of the molecule is CCNC(=NCc1nc2ccccc2n1C)NC1CCN(c2ccccc2OC)C1. The van der Waals surface area contributed by atoms with Crippen molar-refractivity contribution in [3.63, 3.8) is 0 Å². The van der Waals surface area contributed by atoms with Crippen molar-refractivity contribution >= 4 is 22.7 Å². The fourth-order valence-electron chi connectivity index (χ4n) is 3.99. The van der Waals surface area contributed by atoms with Gasteiger partial charge in [0, 0.05) is 32.7 Å². The second kappa shape index (κ2) is 9.07. The van der Waals surface area contributed by atoms with E-state index in [0.29, 0.717) is 12.6 Å². The second-order valence-electron chi connectivity index (χ2n) is 7.52. The van der Waals surface area contributed by atoms with E-state index in [-0.39, 0.29) is 0 Å². The van der Waals surface area contributed by atoms with Crippen LogP contribution in [0.15, 0.2) is 53.5 Å². The lowest BCUT2D eigenvalue weighted by molar-refractivity contribution is 0.415. The maximum Gasteiger partial charge on any atom is 0.191 e. The molecule has 1 aliphatic rings. The predicted octanol–water partition coefficient (Wildman–Crippen LogP) is 2.92. The number of anilines is 1. The van der Waals surface area contributed by atoms with Crippen LogP contribution in [0.3, 0.4) is 0 Å². The van der Waals surface area contributed by atoms with Gasteiger partial charge in [-0.3, -0.25) is 0 Å². The summed E-state index contributed by atoms with van der Waals surface area (Å²) in [5.74, 6) is 2.70. The Kier molecular flexibility index (Phi) is 6.07. The van der Waals surface area contributed by atoms with E-state index < -0.39 is 0 Å². The lowest BCUT2D eigenvalue weighted by atomic mass is 10.2. The summed E-state index contributed by atoms with van der Waals surface area (Å²) in [7, 11) is 3.77. The summed E-state index contributed by atoms with van der Waals surface area (Å²) in [6.07, 6.45) is 1.05. The van der Waals surface area contributed by atoms with Crippen molar-refractivity contribution in [2.24, 2.45) is 12.0 Å². The van der Waals surface area contributed by atoms with Crippen LogP contribution in [0.5, 0.6) is 5.75 Å². The maximum absolute atomic E-state index is 5.53. The molecule has 2 heterocycles. The summed E-state index contributed by atoms with van der Waals surface area (Å²) in [4.78, 5) is 11.9. The van der Waals surface area contributed by atoms with Crippen molar-refractivity contribution in [2.45, 2.75) is 25.9 Å². The molecule has 0 amide bonds. The fourth-order valence-corrected chi connectivity index (χ4v) is 3.99. The normalized spacial score (nSPS) is 16.8. The minimum Gasteiger partial charge on any atom is -0.495 e. The van der Waals surface area contributed by atoms with E-state index in [1.54, 1.807) is 7.11 Å². The van der Waals surface area contributed by atoms with Gasteiger partial charge in [0.1, 0.15) is 18.1 Å². The quantitative estimate of drug-likeness (QED) is 0.487. The van der Waals surface area contributed by atoms with E-state index >= 15 is 0 Å². The molecule has 0 saturated carbocycles. The predicted molar refractivity (Wildman–Crippen MR) is 122 cm³/mol. The molecule has 1 unspecified atom stereocenters. The number of nitrogens with one attached hydrogen (secondary N) is 2. The molecule has 7 nitrogen and oxygen atoms in total. The van der Waals surface area contributed by atoms with Crippen LogP contribution in [-0.4, -0.2) is 48.3 Å². The summed E-state index contributed by atoms with van der Waals surface area (Å²) in [5, 5.41) is 6.97. The number of hydrogen-bond acceptors (Lipinski definition) is 4. The van der Waals surface area contributed by atoms with Crippen molar-refractivity contribution in [3.8, 4) is 5.75 Å². The Bertz CT molecular complexity index is 1030. The standard InChI is InChI=1S/C23H30N6O/c1-4-24-23(25-15-22-27-18-9-5-6-10-19(18)28(22)2)26-17-13-14-29(16-17)20-11-7-8-12-21(20)30-3/h5-12,17H,4,13-16H2,1-3H3,(H2,24,25,26). The molecule has 0 radical (unpaired) electrons. The van der Waals surface area contributed by atoms with E-state index in [2.05, 4.69) is 45.2 Å². The Morgan fingerprint density at radius 3 is 2.80 bits per heavy atom. The number of benzene rings is 2. The molecule has 158 valence electrons. The van der Waals surface area contributed by atoms with Crippen molar-refractivity contribution in [1.82, 2.24) is 20.2 Å². The van der Waals surface area contributed by atoms with Crippen LogP contribution in [0.25, 0.3) is 11.0 Å². The first-order valence-electron chi connectivity index (χ1n) is 10.5. The maximum atomic E-state index is 5.53. The average molecular weight is 407 g/mol. The van der Waals surface area contributed by atoms with Gasteiger partial charge in [0.05, 0.1) is 23.8 Å². The van der Waals surface area contributed by atoms with E-state index in [1.165, 1.54) is 0 Å². The molecular formula is C23H30N6O. The fraction of sp³-hybridized carbons (Fsp3) is 0.391. The smallest absolute Gasteiger partial charge is 0.191 e. The van der Waals surface area contributed by atoms with Gasteiger partial charge in [0.25, 0.3) is 0 Å². The minimum atomic E-state index is 0.327. The number of aryl methyl sites for hydroxylation is 1. The molecule has 1 aliphatic heterocycles. The first-order valence-corrected chi connectivity index (χ1v) is 10.5. The minimum absolute atomic E-state index is 0.327. The van der Waals surface area contributed by atoms with Crippen molar-refractivity contribution in [3.05, 3.63) is 54.4 Å². The summed E-state index contributed by atoms with van der Waals surface area (Å²) >= 11 is 0. The number of ether oxygens (including phenoxy) is 1. The molecular weight excluding hydrogens is 376 g/mol. The summed E-state index contributed by atoms with van der Waals surface area (Å²) in [5.41, 5.74) is 3.28. The van der Waals surface area contributed by atoms with Gasteiger partial charge in [-0.1, -0.05) is 24.3 Å². The first kappa shape index (κ1) is 20.1. The number of aromatic nitrogens is 2. The number of hydrogen-bond donors (Lipinski definition) is 2. The van der Waals surface area contributed by atoms with Gasteiger partial charge in [0.15, 0.2) is 5.96 Å². The Hall–Kier alpha value is -3.22. The van der Waals surface area contributed by atoms with Gasteiger partial charge in [-0.15, -0.1) is 0 Å². The van der Waals surface area contributed by atoms with Gasteiger partial charge in [0.2, 0.25) is 0 Å². The van der Waals surface area contributed by atoms with Crippen molar-refractivity contribution in [1.29, 1.82) is 0 Å². The third kappa shape index (κ3) is 4.20. The Labute approximate surface area is 177 Å². The van der Waals surface area contributed by atoms with E-state index in [4.69, 9.17) is 14.7 Å². The molecule has 1 fully saturated rings. The Morgan fingerprint density at radius 1 is 1.20 bits per heavy atom. The number of nitrogens with zero attached hydrogens (tertiary/aromatic N) is 4. The van der Waals surface area contributed by atoms with Crippen LogP contribution in [0, 0.1) is 0 Å². The van der Waals surface area contributed by atoms with Crippen LogP contribution in [0.2, 0.25) is 0 Å². The van der Waals surface area contributed by atoms with Crippen LogP contribution >= 0.6 is 0 Å². The Balaban J connectivity index is 1.44. The number of methoxy groups -OCH3 is 1. The molecule has 3 aromatic rings. The Morgan fingerprint density at radius 2 is 2.00 bits per heavy atom. The average Bonchev–Trinajstić information content (AvgIpc) is 3.37. The number of rotatable bonds is 6. The third-order valence-corrected chi connectivity index (χ3v) is 5.56. The molecule has 30 heavy (non-hydrogen) atoms. The molecule has 0 spiro atoms. The highest BCUT2D eigenvalue weighted by Crippen LogP contribution is 2.30. The zero-order valence-corrected chi connectivity index (χ0v) is 17.9. The molecule has 0 bridgehead atoms. The largest absolute Gasteiger partial charge is 0.495 e. The zero-order chi connectivity index (χ0) is 20.9. The molecule has 2 aromatic carbocycles. The number of imidazole rings is 1. The van der Waals surface area contributed by atoms with E-state index in [1.807, 2.05) is 37.4 Å². The zero-order valence-electron chi connectivity index (χ0n) is 17.9. The lowest BCUT2D eigenvalue weighted by Gasteiger charge is -2.22. The van der Waals surface area contributed by atoms with Gasteiger partial charge < -0.3 is 24.8 Å². The van der Waals surface area contributed by atoms with Crippen LogP contribution in [0.1, 0.15) is 19.2 Å². The summed E-state index contributed by atoms with van der Waals surface area (Å²) in [6.45, 7) is 5.34. The van der Waals surface area contributed by atoms with Crippen molar-refractivity contribution < 1.29 is 4.74 Å².